The summed E-state index contributed by atoms with van der Waals surface area (Å²) in [5.41, 5.74) is 2.58. The molecule has 16 heavy (non-hydrogen) atoms. The molecule has 1 amide bonds. The van der Waals surface area contributed by atoms with Crippen LogP contribution in [-0.4, -0.2) is 16.9 Å². The fraction of sp³-hybridized carbons (Fsp3) is 0.400. The molecule has 0 saturated heterocycles. The Morgan fingerprint density at radius 2 is 2.31 bits per heavy atom. The van der Waals surface area contributed by atoms with Gasteiger partial charge < -0.3 is 10.7 Å². The molecule has 1 aliphatic carbocycles. The minimum Gasteiger partial charge on any atom is -0.348 e. The molecule has 86 valence electrons. The Bertz CT molecular complexity index is 423. The Kier molecular flexibility index (Phi) is 2.98. The first-order chi connectivity index (χ1) is 7.61. The van der Waals surface area contributed by atoms with Crippen molar-refractivity contribution in [1.29, 1.82) is 0 Å². The minimum atomic E-state index is -0.253. The first-order valence-corrected chi connectivity index (χ1v) is 5.43. The van der Waals surface area contributed by atoms with Crippen LogP contribution in [0.4, 0.5) is 5.82 Å². The monoisotopic (exact) mass is 240 g/mol. The highest BCUT2D eigenvalue weighted by atomic mass is 35.5. The van der Waals surface area contributed by atoms with Gasteiger partial charge in [0.1, 0.15) is 11.5 Å². The summed E-state index contributed by atoms with van der Waals surface area (Å²) >= 11 is 5.90. The number of rotatable bonds is 3. The molecule has 1 aromatic rings. The predicted molar refractivity (Wildman–Crippen MR) is 62.1 cm³/mol. The SMILES string of the molecule is CC1CC1NC(=O)c1nc(NN)ccc1Cl. The first-order valence-electron chi connectivity index (χ1n) is 5.06. The zero-order valence-corrected chi connectivity index (χ0v) is 9.58. The molecule has 1 fully saturated rings. The number of hydrogen-bond donors (Lipinski definition) is 3. The summed E-state index contributed by atoms with van der Waals surface area (Å²) in [6, 6.07) is 3.45. The highest BCUT2D eigenvalue weighted by Gasteiger charge is 2.34. The van der Waals surface area contributed by atoms with E-state index in [1.165, 1.54) is 0 Å². The summed E-state index contributed by atoms with van der Waals surface area (Å²) in [5, 5.41) is 3.18. The normalized spacial score (nSPS) is 22.7. The van der Waals surface area contributed by atoms with Crippen molar-refractivity contribution in [3.63, 3.8) is 0 Å². The number of aromatic nitrogens is 1. The van der Waals surface area contributed by atoms with Crippen LogP contribution in [0, 0.1) is 5.92 Å². The van der Waals surface area contributed by atoms with Crippen LogP contribution in [0.25, 0.3) is 0 Å². The molecule has 2 unspecified atom stereocenters. The summed E-state index contributed by atoms with van der Waals surface area (Å²) < 4.78 is 0. The van der Waals surface area contributed by atoms with E-state index in [-0.39, 0.29) is 17.6 Å². The maximum Gasteiger partial charge on any atom is 0.271 e. The molecule has 1 heterocycles. The molecule has 2 rings (SSSR count). The molecule has 4 N–H and O–H groups in total. The minimum absolute atomic E-state index is 0.205. The van der Waals surface area contributed by atoms with E-state index < -0.39 is 0 Å². The third kappa shape index (κ3) is 2.25. The van der Waals surface area contributed by atoms with Crippen molar-refractivity contribution in [3.8, 4) is 0 Å². The third-order valence-electron chi connectivity index (χ3n) is 2.63. The van der Waals surface area contributed by atoms with Crippen molar-refractivity contribution < 1.29 is 4.79 Å². The Balaban J connectivity index is 2.14. The predicted octanol–water partition coefficient (Wildman–Crippen LogP) is 1.16. The number of pyridine rings is 1. The number of carbonyl (C=O) groups is 1. The van der Waals surface area contributed by atoms with Gasteiger partial charge in [-0.1, -0.05) is 18.5 Å². The van der Waals surface area contributed by atoms with Gasteiger partial charge in [0.05, 0.1) is 5.02 Å². The molecular formula is C10H13ClN4O. The number of anilines is 1. The Hall–Kier alpha value is -1.33. The standard InChI is InChI=1S/C10H13ClN4O/c1-5-4-7(5)13-10(16)9-6(11)2-3-8(14-9)15-12/h2-3,5,7H,4,12H2,1H3,(H,13,16)(H,14,15). The maximum atomic E-state index is 11.8. The van der Waals surface area contributed by atoms with Gasteiger partial charge in [-0.2, -0.15) is 0 Å². The largest absolute Gasteiger partial charge is 0.348 e. The van der Waals surface area contributed by atoms with Crippen molar-refractivity contribution in [2.24, 2.45) is 11.8 Å². The van der Waals surface area contributed by atoms with E-state index in [1.54, 1.807) is 12.1 Å². The molecule has 0 spiro atoms. The summed E-state index contributed by atoms with van der Waals surface area (Å²) in [6.07, 6.45) is 1.01. The molecule has 1 saturated carbocycles. The Morgan fingerprint density at radius 1 is 1.62 bits per heavy atom. The molecule has 6 heteroatoms. The van der Waals surface area contributed by atoms with Crippen LogP contribution in [-0.2, 0) is 0 Å². The quantitative estimate of drug-likeness (QED) is 0.547. The van der Waals surface area contributed by atoms with Crippen LogP contribution < -0.4 is 16.6 Å². The van der Waals surface area contributed by atoms with E-state index in [9.17, 15) is 4.79 Å². The van der Waals surface area contributed by atoms with Crippen molar-refractivity contribution in [3.05, 3.63) is 22.8 Å². The topological polar surface area (TPSA) is 80.0 Å². The zero-order valence-electron chi connectivity index (χ0n) is 8.83. The van der Waals surface area contributed by atoms with Crippen LogP contribution >= 0.6 is 11.6 Å². The number of carbonyl (C=O) groups excluding carboxylic acids is 1. The van der Waals surface area contributed by atoms with Crippen LogP contribution in [0.5, 0.6) is 0 Å². The third-order valence-corrected chi connectivity index (χ3v) is 2.94. The van der Waals surface area contributed by atoms with E-state index in [4.69, 9.17) is 17.4 Å². The number of amides is 1. The number of nitrogens with zero attached hydrogens (tertiary/aromatic N) is 1. The van der Waals surface area contributed by atoms with Gasteiger partial charge in [-0.15, -0.1) is 0 Å². The van der Waals surface area contributed by atoms with Crippen molar-refractivity contribution in [1.82, 2.24) is 10.3 Å². The fourth-order valence-corrected chi connectivity index (χ4v) is 1.63. The maximum absolute atomic E-state index is 11.8. The molecule has 0 aliphatic heterocycles. The zero-order chi connectivity index (χ0) is 11.7. The van der Waals surface area contributed by atoms with Gasteiger partial charge in [0.25, 0.3) is 5.91 Å². The first kappa shape index (κ1) is 11.2. The van der Waals surface area contributed by atoms with Gasteiger partial charge in [0.15, 0.2) is 0 Å². The number of nitrogens with two attached hydrogens (primary N) is 1. The van der Waals surface area contributed by atoms with Crippen molar-refractivity contribution >= 4 is 23.3 Å². The molecule has 1 aliphatic rings. The van der Waals surface area contributed by atoms with Crippen LogP contribution in [0.3, 0.4) is 0 Å². The summed E-state index contributed by atoms with van der Waals surface area (Å²) in [5.74, 6) is 5.92. The summed E-state index contributed by atoms with van der Waals surface area (Å²) in [4.78, 5) is 15.8. The van der Waals surface area contributed by atoms with E-state index in [0.29, 0.717) is 16.8 Å². The van der Waals surface area contributed by atoms with Crippen molar-refractivity contribution in [2.45, 2.75) is 19.4 Å². The summed E-state index contributed by atoms with van der Waals surface area (Å²) in [6.45, 7) is 2.08. The fourth-order valence-electron chi connectivity index (χ4n) is 1.44. The summed E-state index contributed by atoms with van der Waals surface area (Å²) in [7, 11) is 0. The van der Waals surface area contributed by atoms with Crippen LogP contribution in [0.15, 0.2) is 12.1 Å². The average molecular weight is 241 g/mol. The molecule has 1 aromatic heterocycles. The lowest BCUT2D eigenvalue weighted by Gasteiger charge is -2.06. The van der Waals surface area contributed by atoms with Gasteiger partial charge in [0.2, 0.25) is 0 Å². The molecule has 0 bridgehead atoms. The molecule has 2 atom stereocenters. The van der Waals surface area contributed by atoms with Gasteiger partial charge in [-0.25, -0.2) is 10.8 Å². The second-order valence-electron chi connectivity index (χ2n) is 3.96. The lowest BCUT2D eigenvalue weighted by molar-refractivity contribution is 0.0944. The van der Waals surface area contributed by atoms with Crippen LogP contribution in [0.1, 0.15) is 23.8 Å². The number of hydrogen-bond acceptors (Lipinski definition) is 4. The number of halogens is 1. The van der Waals surface area contributed by atoms with Gasteiger partial charge in [0, 0.05) is 6.04 Å². The Labute approximate surface area is 98.3 Å². The molecular weight excluding hydrogens is 228 g/mol. The van der Waals surface area contributed by atoms with E-state index >= 15 is 0 Å². The second-order valence-corrected chi connectivity index (χ2v) is 4.37. The van der Waals surface area contributed by atoms with Gasteiger partial charge in [-0.3, -0.25) is 4.79 Å². The van der Waals surface area contributed by atoms with E-state index in [1.807, 2.05) is 0 Å². The highest BCUT2D eigenvalue weighted by molar-refractivity contribution is 6.33. The Morgan fingerprint density at radius 3 is 2.88 bits per heavy atom. The molecule has 0 radical (unpaired) electrons. The van der Waals surface area contributed by atoms with Gasteiger partial charge in [-0.05, 0) is 24.5 Å². The highest BCUT2D eigenvalue weighted by Crippen LogP contribution is 2.29. The second kappa shape index (κ2) is 4.27. The molecule has 5 nitrogen and oxygen atoms in total. The van der Waals surface area contributed by atoms with Crippen molar-refractivity contribution in [2.75, 3.05) is 5.43 Å². The number of nitrogen functional groups attached to an aromatic ring is 1. The average Bonchev–Trinajstić information content (AvgIpc) is 2.94. The van der Waals surface area contributed by atoms with Crippen LogP contribution in [0.2, 0.25) is 5.02 Å². The van der Waals surface area contributed by atoms with E-state index in [0.717, 1.165) is 6.42 Å². The lowest BCUT2D eigenvalue weighted by Crippen LogP contribution is -2.28. The molecule has 0 aromatic carbocycles. The van der Waals surface area contributed by atoms with E-state index in [2.05, 4.69) is 22.7 Å². The number of hydrazine groups is 1. The smallest absolute Gasteiger partial charge is 0.271 e. The van der Waals surface area contributed by atoms with Gasteiger partial charge >= 0.3 is 0 Å². The number of nitrogens with one attached hydrogen (secondary N) is 2. The lowest BCUT2D eigenvalue weighted by atomic mass is 10.3.